The molecule has 10 rings (SSSR count). The molecule has 0 aliphatic heterocycles. The Hall–Kier alpha value is -5.92. The topological polar surface area (TPSA) is 4.93 Å². The lowest BCUT2D eigenvalue weighted by Crippen LogP contribution is -1.99. The molecule has 0 bridgehead atoms. The van der Waals surface area contributed by atoms with E-state index < -0.39 is 0 Å². The minimum atomic E-state index is 1.22. The maximum absolute atomic E-state index is 2.58. The quantitative estimate of drug-likeness (QED) is 0.144. The summed E-state index contributed by atoms with van der Waals surface area (Å²) in [6.07, 6.45) is 0. The second-order valence-corrected chi connectivity index (χ2v) is 12.0. The molecule has 10 aromatic rings. The normalized spacial score (nSPS) is 12.0. The molecule has 0 aliphatic rings. The Morgan fingerprint density at radius 3 is 1.56 bits per heavy atom. The molecule has 0 unspecified atom stereocenters. The molecular formula is C44H27N. The monoisotopic (exact) mass is 569 g/mol. The maximum Gasteiger partial charge on any atom is 0.0626 e. The van der Waals surface area contributed by atoms with Gasteiger partial charge in [0.15, 0.2) is 0 Å². The van der Waals surface area contributed by atoms with Crippen LogP contribution in [0.5, 0.6) is 0 Å². The first-order valence-corrected chi connectivity index (χ1v) is 15.6. The molecular weight excluding hydrogens is 542 g/mol. The maximum atomic E-state index is 2.58. The molecule has 45 heavy (non-hydrogen) atoms. The van der Waals surface area contributed by atoms with Crippen LogP contribution in [0.1, 0.15) is 0 Å². The zero-order valence-electron chi connectivity index (χ0n) is 24.5. The van der Waals surface area contributed by atoms with Gasteiger partial charge >= 0.3 is 0 Å². The van der Waals surface area contributed by atoms with Gasteiger partial charge in [-0.25, -0.2) is 0 Å². The highest BCUT2D eigenvalue weighted by atomic mass is 15.0. The van der Waals surface area contributed by atoms with E-state index >= 15 is 0 Å². The molecule has 0 spiro atoms. The van der Waals surface area contributed by atoms with Gasteiger partial charge < -0.3 is 4.57 Å². The first-order chi connectivity index (χ1) is 22.4. The second-order valence-electron chi connectivity index (χ2n) is 12.0. The van der Waals surface area contributed by atoms with Crippen LogP contribution in [0.15, 0.2) is 164 Å². The van der Waals surface area contributed by atoms with E-state index in [0.29, 0.717) is 0 Å². The van der Waals surface area contributed by atoms with Gasteiger partial charge in [-0.15, -0.1) is 0 Å². The average Bonchev–Trinajstić information content (AvgIpc) is 3.45. The third-order valence-corrected chi connectivity index (χ3v) is 9.72. The number of fused-ring (bicyclic) bond motifs is 12. The van der Waals surface area contributed by atoms with Gasteiger partial charge in [0, 0.05) is 32.3 Å². The highest BCUT2D eigenvalue weighted by molar-refractivity contribution is 6.37. The summed E-state index contributed by atoms with van der Waals surface area (Å²) >= 11 is 0. The molecule has 0 amide bonds. The smallest absolute Gasteiger partial charge is 0.0626 e. The Kier molecular flexibility index (Phi) is 5.06. The van der Waals surface area contributed by atoms with Gasteiger partial charge in [-0.1, -0.05) is 158 Å². The van der Waals surface area contributed by atoms with Crippen molar-refractivity contribution in [3.8, 4) is 16.8 Å². The molecule has 0 aliphatic carbocycles. The Balaban J connectivity index is 1.52. The van der Waals surface area contributed by atoms with E-state index in [1.807, 2.05) is 0 Å². The van der Waals surface area contributed by atoms with Crippen LogP contribution in [0.3, 0.4) is 0 Å². The summed E-state index contributed by atoms with van der Waals surface area (Å²) in [5.41, 5.74) is 6.24. The van der Waals surface area contributed by atoms with Crippen molar-refractivity contribution >= 4 is 75.7 Å². The predicted octanol–water partition coefficient (Wildman–Crippen LogP) is 12.2. The number of aromatic nitrogens is 1. The first kappa shape index (κ1) is 24.5. The number of hydrogen-bond acceptors (Lipinski definition) is 0. The number of nitrogens with zero attached hydrogens (tertiary/aromatic N) is 1. The Labute approximate surface area is 260 Å². The van der Waals surface area contributed by atoms with Crippen molar-refractivity contribution < 1.29 is 0 Å². The molecule has 1 heterocycles. The molecule has 0 atom stereocenters. The third kappa shape index (κ3) is 3.33. The van der Waals surface area contributed by atoms with Crippen molar-refractivity contribution in [2.24, 2.45) is 0 Å². The zero-order valence-corrected chi connectivity index (χ0v) is 24.5. The van der Waals surface area contributed by atoms with Gasteiger partial charge in [-0.05, 0) is 49.5 Å². The Morgan fingerprint density at radius 2 is 0.844 bits per heavy atom. The molecule has 1 nitrogen and oxygen atoms in total. The Morgan fingerprint density at radius 1 is 0.311 bits per heavy atom. The van der Waals surface area contributed by atoms with Crippen molar-refractivity contribution in [2.75, 3.05) is 0 Å². The average molecular weight is 570 g/mol. The van der Waals surface area contributed by atoms with E-state index in [9.17, 15) is 0 Å². The van der Waals surface area contributed by atoms with Crippen molar-refractivity contribution in [1.29, 1.82) is 0 Å². The van der Waals surface area contributed by atoms with Gasteiger partial charge in [0.1, 0.15) is 0 Å². The summed E-state index contributed by atoms with van der Waals surface area (Å²) in [4.78, 5) is 0. The van der Waals surface area contributed by atoms with Gasteiger partial charge in [0.05, 0.1) is 16.7 Å². The first-order valence-electron chi connectivity index (χ1n) is 15.6. The van der Waals surface area contributed by atoms with E-state index in [4.69, 9.17) is 0 Å². The molecule has 0 saturated heterocycles. The van der Waals surface area contributed by atoms with E-state index in [1.165, 1.54) is 92.5 Å². The fraction of sp³-hybridized carbons (Fsp3) is 0. The van der Waals surface area contributed by atoms with E-state index in [0.717, 1.165) is 0 Å². The Bertz CT molecular complexity index is 2740. The zero-order chi connectivity index (χ0) is 29.5. The summed E-state index contributed by atoms with van der Waals surface area (Å²) in [6, 6.07) is 60.2. The minimum absolute atomic E-state index is 1.22. The van der Waals surface area contributed by atoms with Crippen LogP contribution in [-0.2, 0) is 0 Å². The highest BCUT2D eigenvalue weighted by Gasteiger charge is 2.23. The molecule has 0 N–H and O–H groups in total. The molecule has 1 heteroatoms. The molecule has 208 valence electrons. The van der Waals surface area contributed by atoms with E-state index in [-0.39, 0.29) is 0 Å². The summed E-state index contributed by atoms with van der Waals surface area (Å²) in [5, 5.41) is 15.4. The summed E-state index contributed by atoms with van der Waals surface area (Å²) in [6.45, 7) is 0. The fourth-order valence-electron chi connectivity index (χ4n) is 7.93. The van der Waals surface area contributed by atoms with Crippen LogP contribution >= 0.6 is 0 Å². The van der Waals surface area contributed by atoms with E-state index in [1.54, 1.807) is 0 Å². The lowest BCUT2D eigenvalue weighted by atomic mass is 9.90. The van der Waals surface area contributed by atoms with Crippen LogP contribution in [0.25, 0.3) is 92.5 Å². The molecule has 0 saturated carbocycles. The van der Waals surface area contributed by atoms with Crippen LogP contribution < -0.4 is 0 Å². The van der Waals surface area contributed by atoms with Crippen molar-refractivity contribution in [1.82, 2.24) is 4.57 Å². The fourth-order valence-corrected chi connectivity index (χ4v) is 7.93. The van der Waals surface area contributed by atoms with Crippen LogP contribution in [0.2, 0.25) is 0 Å². The van der Waals surface area contributed by atoms with E-state index in [2.05, 4.69) is 168 Å². The predicted molar refractivity (Wildman–Crippen MR) is 194 cm³/mol. The summed E-state index contributed by atoms with van der Waals surface area (Å²) in [7, 11) is 0. The molecule has 0 radical (unpaired) electrons. The minimum Gasteiger partial charge on any atom is -0.307 e. The number of hydrogen-bond donors (Lipinski definition) is 0. The second kappa shape index (κ2) is 9.29. The third-order valence-electron chi connectivity index (χ3n) is 9.72. The van der Waals surface area contributed by atoms with Crippen LogP contribution in [0, 0.1) is 0 Å². The SMILES string of the molecule is c1ccc(-c2c3ccccc3c(-n3c4ccccc4c4c5c6ccccc6ccc5c5ccccc5c43)c3ccccc23)cc1. The summed E-state index contributed by atoms with van der Waals surface area (Å²) < 4.78 is 2.58. The lowest BCUT2D eigenvalue weighted by Gasteiger charge is -2.20. The van der Waals surface area contributed by atoms with Crippen LogP contribution in [-0.4, -0.2) is 4.57 Å². The summed E-state index contributed by atoms with van der Waals surface area (Å²) in [5.74, 6) is 0. The number of rotatable bonds is 2. The van der Waals surface area contributed by atoms with Gasteiger partial charge in [0.2, 0.25) is 0 Å². The van der Waals surface area contributed by atoms with Gasteiger partial charge in [-0.2, -0.15) is 0 Å². The number of para-hydroxylation sites is 1. The number of benzene rings is 9. The van der Waals surface area contributed by atoms with Crippen molar-refractivity contribution in [3.05, 3.63) is 164 Å². The lowest BCUT2D eigenvalue weighted by molar-refractivity contribution is 1.22. The highest BCUT2D eigenvalue weighted by Crippen LogP contribution is 2.48. The van der Waals surface area contributed by atoms with Gasteiger partial charge in [0.25, 0.3) is 0 Å². The molecule has 1 aromatic heterocycles. The molecule has 9 aromatic carbocycles. The largest absolute Gasteiger partial charge is 0.307 e. The van der Waals surface area contributed by atoms with Crippen LogP contribution in [0.4, 0.5) is 0 Å². The van der Waals surface area contributed by atoms with Gasteiger partial charge in [-0.3, -0.25) is 0 Å². The molecule has 0 fully saturated rings. The standard InChI is InChI=1S/C44H27N/c1-2-15-29(16-3-1)40-32-19-7-10-22-36(32)43(37-23-11-8-20-33(37)40)45-39-25-13-12-24-38(39)42-41-30-17-5-4-14-28(30)26-27-34(41)31-18-6-9-21-35(31)44(42)45/h1-27H. The van der Waals surface area contributed by atoms with Crippen molar-refractivity contribution in [3.63, 3.8) is 0 Å². The van der Waals surface area contributed by atoms with Crippen molar-refractivity contribution in [2.45, 2.75) is 0 Å².